The third kappa shape index (κ3) is 3.19. The zero-order valence-corrected chi connectivity index (χ0v) is 14.8. The number of hydrogen-bond acceptors (Lipinski definition) is 4. The summed E-state index contributed by atoms with van der Waals surface area (Å²) in [7, 11) is 0. The van der Waals surface area contributed by atoms with E-state index >= 15 is 0 Å². The van der Waals surface area contributed by atoms with Crippen molar-refractivity contribution in [2.45, 2.75) is 6.18 Å². The van der Waals surface area contributed by atoms with E-state index in [0.29, 0.717) is 10.4 Å². The molecule has 4 aromatic heterocycles. The Bertz CT molecular complexity index is 1120. The van der Waals surface area contributed by atoms with Crippen LogP contribution in [0, 0.1) is 0 Å². The van der Waals surface area contributed by atoms with Crippen molar-refractivity contribution in [3.63, 3.8) is 0 Å². The topological polar surface area (TPSA) is 59.5 Å². The minimum Gasteiger partial charge on any atom is -0.472 e. The van der Waals surface area contributed by atoms with Gasteiger partial charge in [-0.15, -0.1) is 11.3 Å². The summed E-state index contributed by atoms with van der Waals surface area (Å²) in [5.74, 6) is -0.649. The normalized spacial score (nSPS) is 11.9. The van der Waals surface area contributed by atoms with Crippen molar-refractivity contribution in [1.82, 2.24) is 9.38 Å². The van der Waals surface area contributed by atoms with Gasteiger partial charge in [-0.2, -0.15) is 13.2 Å². The molecule has 0 saturated heterocycles. The number of hydrogen-bond donors (Lipinski definition) is 1. The molecular formula is C17H9ClF3N3O2S. The Morgan fingerprint density at radius 2 is 2.11 bits per heavy atom. The highest BCUT2D eigenvalue weighted by Crippen LogP contribution is 2.38. The number of amides is 1. The van der Waals surface area contributed by atoms with Gasteiger partial charge in [0.2, 0.25) is 0 Å². The standard InChI is InChI=1S/C17H9ClF3N3O2S/c18-13-14(23-16(25)12-2-1-5-27-12)22-15-11(17(19,20)21)6-10(7-24(13)15)9-3-4-26-8-9/h1-8H,(H,23,25). The van der Waals surface area contributed by atoms with E-state index in [1.54, 1.807) is 17.5 Å². The summed E-state index contributed by atoms with van der Waals surface area (Å²) in [5.41, 5.74) is -0.670. The average Bonchev–Trinajstić information content (AvgIpc) is 3.35. The molecule has 4 rings (SSSR count). The van der Waals surface area contributed by atoms with Crippen LogP contribution in [0.2, 0.25) is 5.15 Å². The van der Waals surface area contributed by atoms with Gasteiger partial charge in [0.25, 0.3) is 5.91 Å². The molecule has 0 saturated carbocycles. The van der Waals surface area contributed by atoms with Crippen molar-refractivity contribution in [3.8, 4) is 11.1 Å². The highest BCUT2D eigenvalue weighted by Gasteiger charge is 2.35. The summed E-state index contributed by atoms with van der Waals surface area (Å²) in [6.07, 6.45) is -0.573. The molecule has 0 aliphatic rings. The number of rotatable bonds is 3. The van der Waals surface area contributed by atoms with Crippen molar-refractivity contribution in [3.05, 3.63) is 64.0 Å². The lowest BCUT2D eigenvalue weighted by molar-refractivity contribution is -0.136. The van der Waals surface area contributed by atoms with Crippen LogP contribution < -0.4 is 5.32 Å². The number of fused-ring (bicyclic) bond motifs is 1. The largest absolute Gasteiger partial charge is 0.472 e. The molecule has 0 spiro atoms. The van der Waals surface area contributed by atoms with Gasteiger partial charge in [-0.05, 0) is 23.6 Å². The number of thiophene rings is 1. The summed E-state index contributed by atoms with van der Waals surface area (Å²) in [4.78, 5) is 16.5. The zero-order chi connectivity index (χ0) is 19.2. The van der Waals surface area contributed by atoms with Crippen LogP contribution in [-0.2, 0) is 6.18 Å². The van der Waals surface area contributed by atoms with Gasteiger partial charge < -0.3 is 9.73 Å². The number of alkyl halides is 3. The first-order valence-corrected chi connectivity index (χ1v) is 8.76. The summed E-state index contributed by atoms with van der Waals surface area (Å²) in [6, 6.07) is 5.77. The molecule has 0 aromatic carbocycles. The predicted octanol–water partition coefficient (Wildman–Crippen LogP) is 5.58. The molecule has 0 aliphatic carbocycles. The number of furan rings is 1. The first-order valence-electron chi connectivity index (χ1n) is 7.51. The lowest BCUT2D eigenvalue weighted by Crippen LogP contribution is -2.10. The maximum absolute atomic E-state index is 13.6. The number of carbonyl (C=O) groups is 1. The number of imidazole rings is 1. The van der Waals surface area contributed by atoms with E-state index in [-0.39, 0.29) is 16.5 Å². The Morgan fingerprint density at radius 1 is 1.30 bits per heavy atom. The van der Waals surface area contributed by atoms with E-state index in [9.17, 15) is 18.0 Å². The smallest absolute Gasteiger partial charge is 0.420 e. The van der Waals surface area contributed by atoms with Gasteiger partial charge in [0.15, 0.2) is 16.6 Å². The first kappa shape index (κ1) is 17.6. The molecule has 0 unspecified atom stereocenters. The van der Waals surface area contributed by atoms with Crippen LogP contribution in [0.4, 0.5) is 19.0 Å². The number of halogens is 4. The molecule has 0 bridgehead atoms. The second-order valence-electron chi connectivity index (χ2n) is 5.53. The monoisotopic (exact) mass is 411 g/mol. The van der Waals surface area contributed by atoms with Gasteiger partial charge in [-0.25, -0.2) is 4.98 Å². The molecule has 5 nitrogen and oxygen atoms in total. The highest BCUT2D eigenvalue weighted by atomic mass is 35.5. The van der Waals surface area contributed by atoms with Crippen molar-refractivity contribution >= 4 is 40.3 Å². The molecule has 0 radical (unpaired) electrons. The number of pyridine rings is 1. The maximum atomic E-state index is 13.6. The molecule has 1 N–H and O–H groups in total. The van der Waals surface area contributed by atoms with E-state index in [2.05, 4.69) is 10.3 Å². The third-order valence-corrected chi connectivity index (χ3v) is 5.03. The SMILES string of the molecule is O=C(Nc1nc2c(C(F)(F)F)cc(-c3ccoc3)cn2c1Cl)c1cccs1. The molecule has 0 atom stereocenters. The fourth-order valence-corrected chi connectivity index (χ4v) is 3.41. The van der Waals surface area contributed by atoms with E-state index in [0.717, 1.165) is 10.5 Å². The summed E-state index contributed by atoms with van der Waals surface area (Å²) >= 11 is 7.41. The van der Waals surface area contributed by atoms with Crippen LogP contribution in [0.3, 0.4) is 0 Å². The average molecular weight is 412 g/mol. The number of nitrogens with one attached hydrogen (secondary N) is 1. The number of anilines is 1. The van der Waals surface area contributed by atoms with E-state index in [1.165, 1.54) is 36.1 Å². The summed E-state index contributed by atoms with van der Waals surface area (Å²) in [5, 5.41) is 4.03. The molecule has 27 heavy (non-hydrogen) atoms. The highest BCUT2D eigenvalue weighted by molar-refractivity contribution is 7.12. The Kier molecular flexibility index (Phi) is 4.20. The van der Waals surface area contributed by atoms with Crippen molar-refractivity contribution in [2.24, 2.45) is 0 Å². The summed E-state index contributed by atoms with van der Waals surface area (Å²) in [6.45, 7) is 0. The van der Waals surface area contributed by atoms with Crippen LogP contribution in [0.25, 0.3) is 16.8 Å². The van der Waals surface area contributed by atoms with Crippen LogP contribution >= 0.6 is 22.9 Å². The molecule has 0 fully saturated rings. The van der Waals surface area contributed by atoms with Gasteiger partial charge in [0, 0.05) is 17.3 Å². The number of aromatic nitrogens is 2. The Balaban J connectivity index is 1.86. The number of nitrogens with zero attached hydrogens (tertiary/aromatic N) is 2. The fourth-order valence-electron chi connectivity index (χ4n) is 2.57. The Labute approximate surface area is 159 Å². The van der Waals surface area contributed by atoms with E-state index < -0.39 is 23.3 Å². The van der Waals surface area contributed by atoms with Gasteiger partial charge >= 0.3 is 6.18 Å². The summed E-state index contributed by atoms with van der Waals surface area (Å²) < 4.78 is 46.7. The van der Waals surface area contributed by atoms with Gasteiger partial charge in [-0.3, -0.25) is 9.20 Å². The first-order chi connectivity index (χ1) is 12.8. The molecule has 4 heterocycles. The van der Waals surface area contributed by atoms with Crippen LogP contribution in [-0.4, -0.2) is 15.3 Å². The van der Waals surface area contributed by atoms with Crippen LogP contribution in [0.5, 0.6) is 0 Å². The van der Waals surface area contributed by atoms with Crippen molar-refractivity contribution in [1.29, 1.82) is 0 Å². The maximum Gasteiger partial charge on any atom is 0.420 e. The van der Waals surface area contributed by atoms with Gasteiger partial charge in [-0.1, -0.05) is 17.7 Å². The van der Waals surface area contributed by atoms with Crippen LogP contribution in [0.1, 0.15) is 15.2 Å². The Hall–Kier alpha value is -2.78. The molecule has 1 amide bonds. The van der Waals surface area contributed by atoms with Crippen molar-refractivity contribution in [2.75, 3.05) is 5.32 Å². The van der Waals surface area contributed by atoms with Gasteiger partial charge in [0.05, 0.1) is 23.0 Å². The molecular weight excluding hydrogens is 403 g/mol. The van der Waals surface area contributed by atoms with Crippen molar-refractivity contribution < 1.29 is 22.4 Å². The molecule has 138 valence electrons. The second kappa shape index (κ2) is 6.43. The lowest BCUT2D eigenvalue weighted by Gasteiger charge is -2.10. The Morgan fingerprint density at radius 3 is 2.74 bits per heavy atom. The van der Waals surface area contributed by atoms with Gasteiger partial charge in [0.1, 0.15) is 0 Å². The fraction of sp³-hybridized carbons (Fsp3) is 0.0588. The van der Waals surface area contributed by atoms with E-state index in [4.69, 9.17) is 16.0 Å². The molecule has 0 aliphatic heterocycles. The zero-order valence-electron chi connectivity index (χ0n) is 13.2. The minimum absolute atomic E-state index is 0.134. The predicted molar refractivity (Wildman–Crippen MR) is 95.2 cm³/mol. The molecule has 4 aromatic rings. The molecule has 10 heteroatoms. The second-order valence-corrected chi connectivity index (χ2v) is 6.83. The quantitative estimate of drug-likeness (QED) is 0.478. The third-order valence-electron chi connectivity index (χ3n) is 3.80. The van der Waals surface area contributed by atoms with E-state index in [1.807, 2.05) is 0 Å². The lowest BCUT2D eigenvalue weighted by atomic mass is 10.1. The minimum atomic E-state index is -4.66. The van der Waals surface area contributed by atoms with Crippen LogP contribution in [0.15, 0.2) is 52.8 Å². The number of carbonyl (C=O) groups excluding carboxylic acids is 1.